The standard InChI is InChI=1S/C14H16Cl2F4O/c1-13(2,3)10(7-21-14(19,20)12(17)18)9-5-4-8(15)6-11(9)16/h4-6,10,12H,7H2,1-3H3. The van der Waals surface area contributed by atoms with Crippen LogP contribution in [0.15, 0.2) is 18.2 Å². The molecule has 0 spiro atoms. The van der Waals surface area contributed by atoms with Gasteiger partial charge in [-0.3, -0.25) is 0 Å². The van der Waals surface area contributed by atoms with Crippen LogP contribution >= 0.6 is 23.2 Å². The summed E-state index contributed by atoms with van der Waals surface area (Å²) in [6, 6.07) is 4.62. The number of benzene rings is 1. The van der Waals surface area contributed by atoms with Crippen LogP contribution in [0.5, 0.6) is 0 Å². The Morgan fingerprint density at radius 1 is 1.14 bits per heavy atom. The van der Waals surface area contributed by atoms with E-state index in [4.69, 9.17) is 23.2 Å². The van der Waals surface area contributed by atoms with Crippen molar-refractivity contribution in [2.75, 3.05) is 6.61 Å². The van der Waals surface area contributed by atoms with Gasteiger partial charge in [-0.1, -0.05) is 50.0 Å². The van der Waals surface area contributed by atoms with Gasteiger partial charge in [0, 0.05) is 16.0 Å². The lowest BCUT2D eigenvalue weighted by atomic mass is 9.77. The van der Waals surface area contributed by atoms with Crippen molar-refractivity contribution in [3.8, 4) is 0 Å². The Morgan fingerprint density at radius 3 is 2.14 bits per heavy atom. The molecule has 0 saturated heterocycles. The van der Waals surface area contributed by atoms with Crippen LogP contribution in [0.1, 0.15) is 32.3 Å². The number of halogens is 6. The first-order valence-corrected chi connectivity index (χ1v) is 6.95. The molecule has 120 valence electrons. The number of alkyl halides is 4. The van der Waals surface area contributed by atoms with Crippen molar-refractivity contribution < 1.29 is 22.3 Å². The number of hydrogen-bond donors (Lipinski definition) is 0. The van der Waals surface area contributed by atoms with Crippen molar-refractivity contribution in [2.45, 2.75) is 39.2 Å². The molecule has 7 heteroatoms. The van der Waals surface area contributed by atoms with Crippen molar-refractivity contribution in [3.63, 3.8) is 0 Å². The second-order valence-corrected chi connectivity index (χ2v) is 6.60. The SMILES string of the molecule is CC(C)(C)C(COC(F)(F)C(F)F)c1ccc(Cl)cc1Cl. The molecule has 0 saturated carbocycles. The summed E-state index contributed by atoms with van der Waals surface area (Å²) >= 11 is 11.9. The zero-order valence-corrected chi connectivity index (χ0v) is 13.3. The summed E-state index contributed by atoms with van der Waals surface area (Å²) in [5, 5.41) is 0.682. The van der Waals surface area contributed by atoms with Crippen LogP contribution in [0.25, 0.3) is 0 Å². The van der Waals surface area contributed by atoms with Crippen LogP contribution in [0.3, 0.4) is 0 Å². The van der Waals surface area contributed by atoms with Gasteiger partial charge in [0.1, 0.15) is 0 Å². The van der Waals surface area contributed by atoms with E-state index >= 15 is 0 Å². The summed E-state index contributed by atoms with van der Waals surface area (Å²) in [6.45, 7) is 4.77. The van der Waals surface area contributed by atoms with Crippen LogP contribution in [0, 0.1) is 5.41 Å². The Labute approximate surface area is 131 Å². The molecular formula is C14H16Cl2F4O. The molecule has 0 amide bonds. The maximum Gasteiger partial charge on any atom is 0.416 e. The Kier molecular flexibility index (Phi) is 5.92. The number of ether oxygens (including phenoxy) is 1. The van der Waals surface area contributed by atoms with E-state index in [0.717, 1.165) is 0 Å². The molecule has 1 aromatic rings. The lowest BCUT2D eigenvalue weighted by Crippen LogP contribution is -2.34. The van der Waals surface area contributed by atoms with E-state index in [1.807, 2.05) is 0 Å². The topological polar surface area (TPSA) is 9.23 Å². The van der Waals surface area contributed by atoms with Crippen LogP contribution in [-0.4, -0.2) is 19.1 Å². The molecule has 0 bridgehead atoms. The summed E-state index contributed by atoms with van der Waals surface area (Å²) in [5.41, 5.74) is 0.00833. The molecule has 1 aromatic carbocycles. The molecular weight excluding hydrogens is 331 g/mol. The predicted octanol–water partition coefficient (Wildman–Crippen LogP) is 6.00. The lowest BCUT2D eigenvalue weighted by Gasteiger charge is -2.32. The molecule has 0 aliphatic rings. The minimum absolute atomic E-state index is 0.284. The largest absolute Gasteiger partial charge is 0.416 e. The number of rotatable bonds is 5. The summed E-state index contributed by atoms with van der Waals surface area (Å²) in [7, 11) is 0. The van der Waals surface area contributed by atoms with Crippen molar-refractivity contribution in [1.82, 2.24) is 0 Å². The molecule has 0 radical (unpaired) electrons. The quantitative estimate of drug-likeness (QED) is 0.594. The molecule has 0 N–H and O–H groups in total. The van der Waals surface area contributed by atoms with E-state index in [1.165, 1.54) is 6.07 Å². The van der Waals surface area contributed by atoms with E-state index in [0.29, 0.717) is 10.6 Å². The Morgan fingerprint density at radius 2 is 1.71 bits per heavy atom. The Hall–Kier alpha value is -0.520. The van der Waals surface area contributed by atoms with Crippen LogP contribution in [0.4, 0.5) is 17.6 Å². The predicted molar refractivity (Wildman–Crippen MR) is 75.6 cm³/mol. The molecule has 0 fully saturated rings. The zero-order valence-electron chi connectivity index (χ0n) is 11.8. The van der Waals surface area contributed by atoms with Crippen molar-refractivity contribution in [2.24, 2.45) is 5.41 Å². The summed E-state index contributed by atoms with van der Waals surface area (Å²) in [5.74, 6) is -0.591. The molecule has 1 rings (SSSR count). The van der Waals surface area contributed by atoms with Crippen molar-refractivity contribution in [1.29, 1.82) is 0 Å². The molecule has 0 heterocycles. The molecule has 1 nitrogen and oxygen atoms in total. The zero-order chi connectivity index (χ0) is 16.4. The first kappa shape index (κ1) is 18.5. The third kappa shape index (κ3) is 5.01. The van der Waals surface area contributed by atoms with E-state index in [2.05, 4.69) is 4.74 Å². The smallest absolute Gasteiger partial charge is 0.315 e. The highest BCUT2D eigenvalue weighted by molar-refractivity contribution is 6.35. The van der Waals surface area contributed by atoms with Gasteiger partial charge >= 0.3 is 12.5 Å². The van der Waals surface area contributed by atoms with E-state index in [1.54, 1.807) is 32.9 Å². The van der Waals surface area contributed by atoms with Gasteiger partial charge in [0.2, 0.25) is 0 Å². The second-order valence-electron chi connectivity index (χ2n) is 5.76. The fourth-order valence-electron chi connectivity index (χ4n) is 1.85. The molecule has 1 atom stereocenters. The Bertz CT molecular complexity index is 486. The minimum atomic E-state index is -4.48. The summed E-state index contributed by atoms with van der Waals surface area (Å²) in [4.78, 5) is 0. The van der Waals surface area contributed by atoms with Gasteiger partial charge in [0.15, 0.2) is 0 Å². The summed E-state index contributed by atoms with van der Waals surface area (Å²) < 4.78 is 54.4. The first-order valence-electron chi connectivity index (χ1n) is 6.20. The molecule has 0 aliphatic carbocycles. The highest BCUT2D eigenvalue weighted by Crippen LogP contribution is 2.40. The van der Waals surface area contributed by atoms with Crippen molar-refractivity contribution in [3.05, 3.63) is 33.8 Å². The highest BCUT2D eigenvalue weighted by atomic mass is 35.5. The van der Waals surface area contributed by atoms with E-state index in [-0.39, 0.29) is 5.02 Å². The average Bonchev–Trinajstić information content (AvgIpc) is 2.29. The molecule has 1 unspecified atom stereocenters. The van der Waals surface area contributed by atoms with Crippen molar-refractivity contribution >= 4 is 23.2 Å². The van der Waals surface area contributed by atoms with Gasteiger partial charge in [-0.25, -0.2) is 8.78 Å². The van der Waals surface area contributed by atoms with Crippen LogP contribution in [0.2, 0.25) is 10.0 Å². The van der Waals surface area contributed by atoms with Gasteiger partial charge < -0.3 is 4.74 Å². The minimum Gasteiger partial charge on any atom is -0.315 e. The van der Waals surface area contributed by atoms with E-state index < -0.39 is 30.5 Å². The maximum atomic E-state index is 12.9. The van der Waals surface area contributed by atoms with Gasteiger partial charge in [0.25, 0.3) is 0 Å². The third-order valence-electron chi connectivity index (χ3n) is 3.08. The average molecular weight is 347 g/mol. The Balaban J connectivity index is 3.03. The summed E-state index contributed by atoms with van der Waals surface area (Å²) in [6.07, 6.45) is -8.36. The van der Waals surface area contributed by atoms with Crippen LogP contribution in [-0.2, 0) is 4.74 Å². The monoisotopic (exact) mass is 346 g/mol. The van der Waals surface area contributed by atoms with Gasteiger partial charge in [-0.2, -0.15) is 8.78 Å². The fraction of sp³-hybridized carbons (Fsp3) is 0.571. The van der Waals surface area contributed by atoms with Gasteiger partial charge in [-0.05, 0) is 23.1 Å². The molecule has 21 heavy (non-hydrogen) atoms. The second kappa shape index (κ2) is 6.71. The normalized spacial score (nSPS) is 14.6. The third-order valence-corrected chi connectivity index (χ3v) is 3.64. The van der Waals surface area contributed by atoms with Gasteiger partial charge in [-0.15, -0.1) is 0 Å². The van der Waals surface area contributed by atoms with Gasteiger partial charge in [0.05, 0.1) is 6.61 Å². The number of hydrogen-bond acceptors (Lipinski definition) is 1. The lowest BCUT2D eigenvalue weighted by molar-refractivity contribution is -0.303. The first-order chi connectivity index (χ1) is 9.45. The fourth-order valence-corrected chi connectivity index (χ4v) is 2.39. The highest BCUT2D eigenvalue weighted by Gasteiger charge is 2.44. The molecule has 0 aliphatic heterocycles. The van der Waals surface area contributed by atoms with E-state index in [9.17, 15) is 17.6 Å². The molecule has 0 aromatic heterocycles. The van der Waals surface area contributed by atoms with Crippen LogP contribution < -0.4 is 0 Å². The maximum absolute atomic E-state index is 12.9.